The quantitative estimate of drug-likeness (QED) is 0.803. The highest BCUT2D eigenvalue weighted by Crippen LogP contribution is 2.30. The van der Waals surface area contributed by atoms with Gasteiger partial charge in [0.15, 0.2) is 0 Å². The average molecular weight is 408 g/mol. The zero-order valence-corrected chi connectivity index (χ0v) is 16.2. The van der Waals surface area contributed by atoms with Crippen molar-refractivity contribution in [3.8, 4) is 0 Å². The summed E-state index contributed by atoms with van der Waals surface area (Å²) < 4.78 is 26.9. The van der Waals surface area contributed by atoms with Gasteiger partial charge in [0.2, 0.25) is 15.9 Å². The maximum atomic E-state index is 12.7. The zero-order chi connectivity index (χ0) is 17.2. The number of nitrogens with zero attached hydrogens (tertiary/aromatic N) is 1. The van der Waals surface area contributed by atoms with Crippen molar-refractivity contribution in [2.45, 2.75) is 30.6 Å². The number of carbonyl (C=O) groups is 1. The Kier molecular flexibility index (Phi) is 7.10. The first-order valence-corrected chi connectivity index (χ1v) is 10.1. The molecule has 9 heteroatoms. The molecule has 2 aliphatic heterocycles. The number of benzene rings is 1. The second kappa shape index (κ2) is 8.68. The number of sulfonamides is 1. The summed E-state index contributed by atoms with van der Waals surface area (Å²) in [5.74, 6) is -0.179. The fourth-order valence-electron chi connectivity index (χ4n) is 3.17. The van der Waals surface area contributed by atoms with Gasteiger partial charge in [-0.2, -0.15) is 4.31 Å². The lowest BCUT2D eigenvalue weighted by Crippen LogP contribution is -2.37. The van der Waals surface area contributed by atoms with Crippen molar-refractivity contribution in [3.05, 3.63) is 23.2 Å². The fourth-order valence-corrected chi connectivity index (χ4v) is 5.18. The van der Waals surface area contributed by atoms with Crippen molar-refractivity contribution >= 4 is 45.6 Å². The third-order valence-corrected chi connectivity index (χ3v) is 6.93. The first-order chi connectivity index (χ1) is 11.5. The number of carbonyl (C=O) groups excluding carboxylic acids is 1. The maximum Gasteiger partial charge on any atom is 0.244 e. The Labute approximate surface area is 159 Å². The third kappa shape index (κ3) is 4.65. The zero-order valence-electron chi connectivity index (χ0n) is 13.8. The number of anilines is 1. The fraction of sp³-hybridized carbons (Fsp3) is 0.562. The number of halogens is 2. The molecule has 0 aliphatic carbocycles. The van der Waals surface area contributed by atoms with E-state index in [0.29, 0.717) is 25.3 Å². The monoisotopic (exact) mass is 407 g/mol. The number of rotatable bonds is 4. The Morgan fingerprint density at radius 2 is 1.96 bits per heavy atom. The normalized spacial score (nSPS) is 21.6. The van der Waals surface area contributed by atoms with Crippen LogP contribution in [0.4, 0.5) is 5.69 Å². The van der Waals surface area contributed by atoms with Crippen LogP contribution in [-0.2, 0) is 14.8 Å². The smallest absolute Gasteiger partial charge is 0.244 e. The van der Waals surface area contributed by atoms with Gasteiger partial charge < -0.3 is 10.6 Å². The molecular weight excluding hydrogens is 385 g/mol. The molecule has 1 aromatic rings. The van der Waals surface area contributed by atoms with Gasteiger partial charge in [-0.15, -0.1) is 12.4 Å². The Morgan fingerprint density at radius 1 is 1.24 bits per heavy atom. The number of piperidine rings is 1. The molecule has 2 N–H and O–H groups in total. The highest BCUT2D eigenvalue weighted by molar-refractivity contribution is 7.89. The summed E-state index contributed by atoms with van der Waals surface area (Å²) in [6.45, 7) is 2.62. The molecular formula is C16H23Cl2N3O3S. The van der Waals surface area contributed by atoms with Gasteiger partial charge in [-0.3, -0.25) is 4.79 Å². The van der Waals surface area contributed by atoms with Crippen molar-refractivity contribution in [2.75, 3.05) is 31.5 Å². The molecule has 1 aromatic carbocycles. The van der Waals surface area contributed by atoms with E-state index in [0.717, 1.165) is 32.2 Å². The van der Waals surface area contributed by atoms with Gasteiger partial charge in [-0.25, -0.2) is 8.42 Å². The van der Waals surface area contributed by atoms with Crippen LogP contribution in [-0.4, -0.2) is 44.8 Å². The SMILES string of the molecule is Cl.O=C(Nc1ccc(Cl)c(S(=O)(=O)N2CCCC2)c1)C1CCCNC1. The van der Waals surface area contributed by atoms with E-state index in [1.54, 1.807) is 6.07 Å². The van der Waals surface area contributed by atoms with E-state index in [4.69, 9.17) is 11.6 Å². The molecule has 140 valence electrons. The van der Waals surface area contributed by atoms with Crippen LogP contribution in [0.15, 0.2) is 23.1 Å². The molecule has 6 nitrogen and oxygen atoms in total. The molecule has 0 saturated carbocycles. The molecule has 2 heterocycles. The molecule has 0 bridgehead atoms. The van der Waals surface area contributed by atoms with Crippen LogP contribution in [0.3, 0.4) is 0 Å². The summed E-state index contributed by atoms with van der Waals surface area (Å²) in [5.41, 5.74) is 0.466. The Bertz CT molecular complexity index is 715. The van der Waals surface area contributed by atoms with Crippen molar-refractivity contribution in [3.63, 3.8) is 0 Å². The van der Waals surface area contributed by atoms with E-state index < -0.39 is 10.0 Å². The van der Waals surface area contributed by atoms with Crippen molar-refractivity contribution in [1.82, 2.24) is 9.62 Å². The largest absolute Gasteiger partial charge is 0.326 e. The van der Waals surface area contributed by atoms with Crippen LogP contribution in [0.2, 0.25) is 5.02 Å². The summed E-state index contributed by atoms with van der Waals surface area (Å²) in [5, 5.41) is 6.20. The van der Waals surface area contributed by atoms with Crippen LogP contribution in [0, 0.1) is 5.92 Å². The lowest BCUT2D eigenvalue weighted by atomic mass is 9.99. The molecule has 1 unspecified atom stereocenters. The summed E-state index contributed by atoms with van der Waals surface area (Å²) in [6.07, 6.45) is 3.53. The molecule has 2 aliphatic rings. The Hall–Kier alpha value is -0.860. The molecule has 2 fully saturated rings. The topological polar surface area (TPSA) is 78.5 Å². The first-order valence-electron chi connectivity index (χ1n) is 8.30. The second-order valence-electron chi connectivity index (χ2n) is 6.29. The minimum absolute atomic E-state index is 0. The molecule has 1 atom stereocenters. The number of amides is 1. The van der Waals surface area contributed by atoms with Crippen LogP contribution in [0.25, 0.3) is 0 Å². The van der Waals surface area contributed by atoms with Crippen molar-refractivity contribution < 1.29 is 13.2 Å². The average Bonchev–Trinajstić information content (AvgIpc) is 3.12. The van der Waals surface area contributed by atoms with Crippen molar-refractivity contribution in [2.24, 2.45) is 5.92 Å². The van der Waals surface area contributed by atoms with E-state index in [-0.39, 0.29) is 34.2 Å². The van der Waals surface area contributed by atoms with E-state index in [1.807, 2.05) is 0 Å². The summed E-state index contributed by atoms with van der Waals surface area (Å²) >= 11 is 6.12. The first kappa shape index (κ1) is 20.5. The van der Waals surface area contributed by atoms with Crippen LogP contribution < -0.4 is 10.6 Å². The summed E-state index contributed by atoms with van der Waals surface area (Å²) in [7, 11) is -3.61. The van der Waals surface area contributed by atoms with Crippen LogP contribution >= 0.6 is 24.0 Å². The standard InChI is InChI=1S/C16H22ClN3O3S.ClH/c17-14-6-5-13(19-16(21)12-4-3-7-18-11-12)10-15(14)24(22,23)20-8-1-2-9-20;/h5-6,10,12,18H,1-4,7-9,11H2,(H,19,21);1H. The van der Waals surface area contributed by atoms with E-state index >= 15 is 0 Å². The van der Waals surface area contributed by atoms with Gasteiger partial charge in [0, 0.05) is 25.3 Å². The highest BCUT2D eigenvalue weighted by Gasteiger charge is 2.29. The predicted molar refractivity (Wildman–Crippen MR) is 101 cm³/mol. The van der Waals surface area contributed by atoms with Gasteiger partial charge in [0.25, 0.3) is 0 Å². The van der Waals surface area contributed by atoms with E-state index in [1.165, 1.54) is 16.4 Å². The van der Waals surface area contributed by atoms with Gasteiger partial charge in [0.1, 0.15) is 4.90 Å². The van der Waals surface area contributed by atoms with Gasteiger partial charge in [-0.05, 0) is 50.4 Å². The van der Waals surface area contributed by atoms with Crippen molar-refractivity contribution in [1.29, 1.82) is 0 Å². The molecule has 0 radical (unpaired) electrons. The van der Waals surface area contributed by atoms with E-state index in [9.17, 15) is 13.2 Å². The molecule has 0 aromatic heterocycles. The molecule has 3 rings (SSSR count). The molecule has 2 saturated heterocycles. The number of nitrogens with one attached hydrogen (secondary N) is 2. The molecule has 25 heavy (non-hydrogen) atoms. The second-order valence-corrected chi connectivity index (χ2v) is 8.60. The third-order valence-electron chi connectivity index (χ3n) is 4.55. The lowest BCUT2D eigenvalue weighted by Gasteiger charge is -2.22. The minimum atomic E-state index is -3.61. The molecule has 1 amide bonds. The maximum absolute atomic E-state index is 12.7. The number of hydrogen-bond donors (Lipinski definition) is 2. The van der Waals surface area contributed by atoms with Gasteiger partial charge in [0.05, 0.1) is 10.9 Å². The Morgan fingerprint density at radius 3 is 2.60 bits per heavy atom. The minimum Gasteiger partial charge on any atom is -0.326 e. The summed E-state index contributed by atoms with van der Waals surface area (Å²) in [4.78, 5) is 12.4. The van der Waals surface area contributed by atoms with E-state index in [2.05, 4.69) is 10.6 Å². The summed E-state index contributed by atoms with van der Waals surface area (Å²) in [6, 6.07) is 4.63. The van der Waals surface area contributed by atoms with Gasteiger partial charge in [-0.1, -0.05) is 11.6 Å². The Balaban J connectivity index is 0.00000225. The van der Waals surface area contributed by atoms with Crippen LogP contribution in [0.5, 0.6) is 0 Å². The predicted octanol–water partition coefficient (Wildman–Crippen LogP) is 2.48. The number of hydrogen-bond acceptors (Lipinski definition) is 4. The highest BCUT2D eigenvalue weighted by atomic mass is 35.5. The van der Waals surface area contributed by atoms with Gasteiger partial charge >= 0.3 is 0 Å². The van der Waals surface area contributed by atoms with Crippen LogP contribution in [0.1, 0.15) is 25.7 Å². The lowest BCUT2D eigenvalue weighted by molar-refractivity contribution is -0.120. The molecule has 0 spiro atoms.